The highest BCUT2D eigenvalue weighted by Gasteiger charge is 2.12. The zero-order valence-electron chi connectivity index (χ0n) is 9.58. The summed E-state index contributed by atoms with van der Waals surface area (Å²) in [5.41, 5.74) is 0.983. The Morgan fingerprint density at radius 3 is 2.75 bits per heavy atom. The normalized spacial score (nSPS) is 17.5. The second kappa shape index (κ2) is 5.87. The van der Waals surface area contributed by atoms with Gasteiger partial charge in [-0.1, -0.05) is 18.2 Å². The molecule has 0 bridgehead atoms. The van der Waals surface area contributed by atoms with E-state index in [-0.39, 0.29) is 0 Å². The van der Waals surface area contributed by atoms with E-state index in [2.05, 4.69) is 10.6 Å². The van der Waals surface area contributed by atoms with Crippen molar-refractivity contribution in [1.82, 2.24) is 10.6 Å². The second-order valence-electron chi connectivity index (χ2n) is 4.45. The van der Waals surface area contributed by atoms with Crippen molar-refractivity contribution in [1.29, 1.82) is 0 Å². The number of rotatable bonds is 4. The summed E-state index contributed by atoms with van der Waals surface area (Å²) in [6.45, 7) is 4.10. The predicted molar refractivity (Wildman–Crippen MR) is 65.4 cm³/mol. The summed E-state index contributed by atoms with van der Waals surface area (Å²) < 4.78 is 0. The molecule has 1 saturated heterocycles. The average Bonchev–Trinajstić information content (AvgIpc) is 2.33. The van der Waals surface area contributed by atoms with E-state index in [4.69, 9.17) is 0 Å². The minimum Gasteiger partial charge on any atom is -0.508 e. The molecule has 0 saturated carbocycles. The molecule has 0 unspecified atom stereocenters. The molecule has 1 aliphatic heterocycles. The van der Waals surface area contributed by atoms with Crippen LogP contribution in [0.2, 0.25) is 0 Å². The largest absolute Gasteiger partial charge is 0.508 e. The lowest BCUT2D eigenvalue weighted by Crippen LogP contribution is -2.33. The average molecular weight is 220 g/mol. The molecule has 0 aliphatic carbocycles. The zero-order valence-corrected chi connectivity index (χ0v) is 9.58. The Kier molecular flexibility index (Phi) is 4.19. The van der Waals surface area contributed by atoms with Crippen LogP contribution in [0.3, 0.4) is 0 Å². The van der Waals surface area contributed by atoms with Crippen LogP contribution in [-0.4, -0.2) is 24.7 Å². The minimum absolute atomic E-state index is 0.389. The van der Waals surface area contributed by atoms with E-state index in [0.29, 0.717) is 5.75 Å². The molecule has 88 valence electrons. The zero-order chi connectivity index (χ0) is 11.2. The van der Waals surface area contributed by atoms with Crippen molar-refractivity contribution < 1.29 is 5.11 Å². The predicted octanol–water partition coefficient (Wildman–Crippen LogP) is 1.48. The van der Waals surface area contributed by atoms with Gasteiger partial charge in [-0.15, -0.1) is 0 Å². The van der Waals surface area contributed by atoms with Crippen LogP contribution in [0.15, 0.2) is 24.3 Å². The molecule has 0 aromatic heterocycles. The SMILES string of the molecule is Oc1ccccc1CNCC1CCNCC1. The number of para-hydroxylation sites is 1. The van der Waals surface area contributed by atoms with Crippen molar-refractivity contribution in [3.63, 3.8) is 0 Å². The van der Waals surface area contributed by atoms with E-state index in [1.54, 1.807) is 6.07 Å². The molecule has 1 aliphatic rings. The first-order valence-corrected chi connectivity index (χ1v) is 6.04. The van der Waals surface area contributed by atoms with Crippen LogP contribution in [0.1, 0.15) is 18.4 Å². The monoisotopic (exact) mass is 220 g/mol. The first kappa shape index (κ1) is 11.4. The molecule has 1 fully saturated rings. The number of aromatic hydroxyl groups is 1. The number of phenols is 1. The van der Waals surface area contributed by atoms with Gasteiger partial charge in [0.2, 0.25) is 0 Å². The molecule has 16 heavy (non-hydrogen) atoms. The third kappa shape index (κ3) is 3.22. The Bertz CT molecular complexity index is 321. The van der Waals surface area contributed by atoms with Gasteiger partial charge in [0, 0.05) is 12.1 Å². The Balaban J connectivity index is 1.73. The van der Waals surface area contributed by atoms with Crippen LogP contribution in [0, 0.1) is 5.92 Å². The van der Waals surface area contributed by atoms with Crippen molar-refractivity contribution in [2.45, 2.75) is 19.4 Å². The molecule has 2 rings (SSSR count). The first-order chi connectivity index (χ1) is 7.86. The molecule has 3 N–H and O–H groups in total. The lowest BCUT2D eigenvalue weighted by molar-refractivity contribution is 0.355. The summed E-state index contributed by atoms with van der Waals surface area (Å²) in [5.74, 6) is 1.17. The van der Waals surface area contributed by atoms with Gasteiger partial charge in [0.1, 0.15) is 5.75 Å². The van der Waals surface area contributed by atoms with Gasteiger partial charge in [0.15, 0.2) is 0 Å². The maximum Gasteiger partial charge on any atom is 0.120 e. The molecule has 0 atom stereocenters. The smallest absolute Gasteiger partial charge is 0.120 e. The van der Waals surface area contributed by atoms with Crippen LogP contribution >= 0.6 is 0 Å². The summed E-state index contributed by atoms with van der Waals surface area (Å²) in [6, 6.07) is 7.51. The van der Waals surface area contributed by atoms with Crippen LogP contribution < -0.4 is 10.6 Å². The number of hydrogen-bond donors (Lipinski definition) is 3. The van der Waals surface area contributed by atoms with Gasteiger partial charge in [-0.05, 0) is 44.5 Å². The second-order valence-corrected chi connectivity index (χ2v) is 4.45. The third-order valence-corrected chi connectivity index (χ3v) is 3.20. The van der Waals surface area contributed by atoms with Crippen molar-refractivity contribution in [2.24, 2.45) is 5.92 Å². The molecule has 1 aromatic rings. The summed E-state index contributed by atoms with van der Waals surface area (Å²) in [5, 5.41) is 16.4. The molecular weight excluding hydrogens is 200 g/mol. The van der Waals surface area contributed by atoms with Crippen LogP contribution in [0.4, 0.5) is 0 Å². The summed E-state index contributed by atoms with van der Waals surface area (Å²) in [6.07, 6.45) is 2.52. The molecule has 1 heterocycles. The van der Waals surface area contributed by atoms with Crippen molar-refractivity contribution in [3.8, 4) is 5.75 Å². The van der Waals surface area contributed by atoms with E-state index in [1.165, 1.54) is 12.8 Å². The first-order valence-electron chi connectivity index (χ1n) is 6.04. The Morgan fingerprint density at radius 2 is 2.00 bits per heavy atom. The standard InChI is InChI=1S/C13H20N2O/c16-13-4-2-1-3-12(13)10-15-9-11-5-7-14-8-6-11/h1-4,11,14-16H,5-10H2. The fraction of sp³-hybridized carbons (Fsp3) is 0.538. The van der Waals surface area contributed by atoms with E-state index in [9.17, 15) is 5.11 Å². The maximum atomic E-state index is 9.60. The third-order valence-electron chi connectivity index (χ3n) is 3.20. The number of nitrogens with one attached hydrogen (secondary N) is 2. The fourth-order valence-electron chi connectivity index (χ4n) is 2.16. The highest BCUT2D eigenvalue weighted by molar-refractivity contribution is 5.31. The van der Waals surface area contributed by atoms with E-state index < -0.39 is 0 Å². The van der Waals surface area contributed by atoms with Crippen molar-refractivity contribution in [2.75, 3.05) is 19.6 Å². The molecule has 1 aromatic carbocycles. The maximum absolute atomic E-state index is 9.60. The van der Waals surface area contributed by atoms with Gasteiger partial charge in [0.25, 0.3) is 0 Å². The highest BCUT2D eigenvalue weighted by atomic mass is 16.3. The molecule has 3 nitrogen and oxygen atoms in total. The molecule has 3 heteroatoms. The topological polar surface area (TPSA) is 44.3 Å². The van der Waals surface area contributed by atoms with Crippen LogP contribution in [-0.2, 0) is 6.54 Å². The molecule has 0 spiro atoms. The molecule has 0 radical (unpaired) electrons. The van der Waals surface area contributed by atoms with Crippen molar-refractivity contribution in [3.05, 3.63) is 29.8 Å². The Morgan fingerprint density at radius 1 is 1.25 bits per heavy atom. The Labute approximate surface area is 96.9 Å². The fourth-order valence-corrected chi connectivity index (χ4v) is 2.16. The number of piperidine rings is 1. The summed E-state index contributed by atoms with van der Waals surface area (Å²) in [7, 11) is 0. The lowest BCUT2D eigenvalue weighted by Gasteiger charge is -2.22. The highest BCUT2D eigenvalue weighted by Crippen LogP contribution is 2.15. The molecular formula is C13H20N2O. The van der Waals surface area contributed by atoms with Crippen LogP contribution in [0.25, 0.3) is 0 Å². The van der Waals surface area contributed by atoms with Gasteiger partial charge in [-0.25, -0.2) is 0 Å². The van der Waals surface area contributed by atoms with Gasteiger partial charge < -0.3 is 15.7 Å². The quantitative estimate of drug-likeness (QED) is 0.720. The molecule has 0 amide bonds. The minimum atomic E-state index is 0.389. The summed E-state index contributed by atoms with van der Waals surface area (Å²) in [4.78, 5) is 0. The van der Waals surface area contributed by atoms with Crippen LogP contribution in [0.5, 0.6) is 5.75 Å². The Hall–Kier alpha value is -1.06. The van der Waals surface area contributed by atoms with Crippen molar-refractivity contribution >= 4 is 0 Å². The van der Waals surface area contributed by atoms with Gasteiger partial charge in [0.05, 0.1) is 0 Å². The summed E-state index contributed by atoms with van der Waals surface area (Å²) >= 11 is 0. The number of hydrogen-bond acceptors (Lipinski definition) is 3. The van der Waals surface area contributed by atoms with Gasteiger partial charge in [-0.3, -0.25) is 0 Å². The van der Waals surface area contributed by atoms with Gasteiger partial charge >= 0.3 is 0 Å². The lowest BCUT2D eigenvalue weighted by atomic mass is 9.98. The van der Waals surface area contributed by atoms with Gasteiger partial charge in [-0.2, -0.15) is 0 Å². The number of phenolic OH excluding ortho intramolecular Hbond substituents is 1. The number of benzene rings is 1. The van der Waals surface area contributed by atoms with E-state index in [1.807, 2.05) is 18.2 Å². The van der Waals surface area contributed by atoms with E-state index in [0.717, 1.165) is 37.7 Å². The van der Waals surface area contributed by atoms with E-state index >= 15 is 0 Å².